The number of benzene rings is 1. The molecule has 18 heavy (non-hydrogen) atoms. The lowest BCUT2D eigenvalue weighted by Gasteiger charge is -2.13. The van der Waals surface area contributed by atoms with Gasteiger partial charge in [0.05, 0.1) is 6.26 Å². The molecule has 1 heterocycles. The van der Waals surface area contributed by atoms with E-state index in [0.717, 1.165) is 18.4 Å². The van der Waals surface area contributed by atoms with Gasteiger partial charge in [0.15, 0.2) is 0 Å². The number of furan rings is 1. The first-order valence-electron chi connectivity index (χ1n) is 6.37. The second-order valence-electron chi connectivity index (χ2n) is 5.01. The maximum Gasteiger partial charge on any atom is 0.137 e. The molecule has 0 aliphatic rings. The van der Waals surface area contributed by atoms with Gasteiger partial charge in [0, 0.05) is 11.4 Å². The Kier molecular flexibility index (Phi) is 5.24. The normalized spacial score (nSPS) is 14.2. The van der Waals surface area contributed by atoms with Gasteiger partial charge >= 0.3 is 0 Å². The van der Waals surface area contributed by atoms with Gasteiger partial charge in [-0.25, -0.2) is 0 Å². The highest BCUT2D eigenvalue weighted by atomic mass is 35.5. The summed E-state index contributed by atoms with van der Waals surface area (Å²) in [6.45, 7) is 6.51. The van der Waals surface area contributed by atoms with Crippen LogP contribution < -0.4 is 5.73 Å². The summed E-state index contributed by atoms with van der Waals surface area (Å²) in [5.41, 5.74) is 9.52. The Morgan fingerprint density at radius 2 is 2.00 bits per heavy atom. The number of fused-ring (bicyclic) bond motifs is 1. The van der Waals surface area contributed by atoms with E-state index in [2.05, 4.69) is 26.0 Å². The zero-order chi connectivity index (χ0) is 12.4. The molecule has 2 aromatic rings. The van der Waals surface area contributed by atoms with Gasteiger partial charge in [-0.3, -0.25) is 0 Å². The van der Waals surface area contributed by atoms with Crippen LogP contribution in [0, 0.1) is 0 Å². The molecule has 3 heteroatoms. The maximum absolute atomic E-state index is 5.90. The average molecular weight is 268 g/mol. The van der Waals surface area contributed by atoms with Crippen LogP contribution in [0.15, 0.2) is 28.9 Å². The third-order valence-corrected chi connectivity index (χ3v) is 3.37. The first-order chi connectivity index (χ1) is 8.11. The summed E-state index contributed by atoms with van der Waals surface area (Å²) in [6.07, 6.45) is 3.78. The molecule has 100 valence electrons. The third-order valence-electron chi connectivity index (χ3n) is 3.37. The van der Waals surface area contributed by atoms with Crippen molar-refractivity contribution >= 4 is 23.4 Å². The highest BCUT2D eigenvalue weighted by Gasteiger charge is 2.11. The lowest BCUT2D eigenvalue weighted by molar-refractivity contribution is 0.605. The quantitative estimate of drug-likeness (QED) is 0.899. The van der Waals surface area contributed by atoms with E-state index < -0.39 is 0 Å². The molecule has 2 nitrogen and oxygen atoms in total. The van der Waals surface area contributed by atoms with Crippen LogP contribution in [0.2, 0.25) is 0 Å². The lowest BCUT2D eigenvalue weighted by Crippen LogP contribution is -2.18. The fraction of sp³-hybridized carbons (Fsp3) is 0.467. The number of nitrogens with two attached hydrogens (primary N) is 1. The molecule has 0 saturated carbocycles. The van der Waals surface area contributed by atoms with Crippen molar-refractivity contribution in [1.29, 1.82) is 0 Å². The maximum atomic E-state index is 5.90. The Morgan fingerprint density at radius 1 is 1.28 bits per heavy atom. The number of rotatable bonds is 4. The van der Waals surface area contributed by atoms with E-state index in [0.29, 0.717) is 5.92 Å². The zero-order valence-corrected chi connectivity index (χ0v) is 12.1. The van der Waals surface area contributed by atoms with E-state index in [1.165, 1.54) is 16.5 Å². The molecule has 1 aromatic heterocycles. The molecule has 0 amide bonds. The summed E-state index contributed by atoms with van der Waals surface area (Å²) < 4.78 is 5.56. The van der Waals surface area contributed by atoms with Crippen molar-refractivity contribution in [2.75, 3.05) is 0 Å². The van der Waals surface area contributed by atoms with Crippen LogP contribution in [-0.2, 0) is 6.42 Å². The highest BCUT2D eigenvalue weighted by molar-refractivity contribution is 5.85. The zero-order valence-electron chi connectivity index (χ0n) is 11.3. The first kappa shape index (κ1) is 15.1. The van der Waals surface area contributed by atoms with Gasteiger partial charge in [0.25, 0.3) is 0 Å². The fourth-order valence-electron chi connectivity index (χ4n) is 2.20. The van der Waals surface area contributed by atoms with Gasteiger partial charge in [-0.15, -0.1) is 12.4 Å². The van der Waals surface area contributed by atoms with Crippen LogP contribution >= 0.6 is 12.4 Å². The van der Waals surface area contributed by atoms with E-state index in [1.807, 2.05) is 13.0 Å². The Morgan fingerprint density at radius 3 is 2.61 bits per heavy atom. The molecule has 0 fully saturated rings. The molecular formula is C15H22ClNO. The van der Waals surface area contributed by atoms with Gasteiger partial charge < -0.3 is 10.2 Å². The SMILES string of the molecule is CCC(C)c1cc(CC(C)N)c2occc2c1.Cl. The smallest absolute Gasteiger partial charge is 0.137 e. The van der Waals surface area contributed by atoms with Crippen molar-refractivity contribution in [3.05, 3.63) is 35.6 Å². The van der Waals surface area contributed by atoms with Crippen molar-refractivity contribution in [3.8, 4) is 0 Å². The summed E-state index contributed by atoms with van der Waals surface area (Å²) in [5.74, 6) is 0.584. The number of halogens is 1. The summed E-state index contributed by atoms with van der Waals surface area (Å²) >= 11 is 0. The van der Waals surface area contributed by atoms with E-state index in [1.54, 1.807) is 6.26 Å². The summed E-state index contributed by atoms with van der Waals surface area (Å²) in [6, 6.07) is 6.68. The van der Waals surface area contributed by atoms with Crippen LogP contribution in [0.1, 0.15) is 44.2 Å². The van der Waals surface area contributed by atoms with Crippen LogP contribution in [-0.4, -0.2) is 6.04 Å². The molecule has 0 radical (unpaired) electrons. The van der Waals surface area contributed by atoms with Crippen molar-refractivity contribution in [2.45, 2.75) is 45.6 Å². The predicted octanol–water partition coefficient (Wildman–Crippen LogP) is 4.26. The Labute approximate surface area is 115 Å². The minimum absolute atomic E-state index is 0. The number of hydrogen-bond donors (Lipinski definition) is 1. The van der Waals surface area contributed by atoms with Gasteiger partial charge in [-0.2, -0.15) is 0 Å². The molecule has 0 bridgehead atoms. The fourth-order valence-corrected chi connectivity index (χ4v) is 2.20. The molecule has 0 spiro atoms. The van der Waals surface area contributed by atoms with Gasteiger partial charge in [0.1, 0.15) is 5.58 Å². The van der Waals surface area contributed by atoms with Crippen molar-refractivity contribution in [3.63, 3.8) is 0 Å². The largest absolute Gasteiger partial charge is 0.464 e. The first-order valence-corrected chi connectivity index (χ1v) is 6.37. The van der Waals surface area contributed by atoms with Crippen LogP contribution in [0.5, 0.6) is 0 Å². The Balaban J connectivity index is 0.00000162. The minimum atomic E-state index is 0. The van der Waals surface area contributed by atoms with E-state index in [4.69, 9.17) is 10.2 Å². The average Bonchev–Trinajstić information content (AvgIpc) is 2.75. The second-order valence-corrected chi connectivity index (χ2v) is 5.01. The molecule has 0 aliphatic carbocycles. The van der Waals surface area contributed by atoms with E-state index >= 15 is 0 Å². The van der Waals surface area contributed by atoms with Gasteiger partial charge in [-0.05, 0) is 48.9 Å². The van der Waals surface area contributed by atoms with Gasteiger partial charge in [0.2, 0.25) is 0 Å². The lowest BCUT2D eigenvalue weighted by atomic mass is 9.93. The van der Waals surface area contributed by atoms with Crippen LogP contribution in [0.25, 0.3) is 11.0 Å². The topological polar surface area (TPSA) is 39.2 Å². The van der Waals surface area contributed by atoms with Crippen LogP contribution in [0.3, 0.4) is 0 Å². The molecule has 2 N–H and O–H groups in total. The second kappa shape index (κ2) is 6.26. The molecule has 2 atom stereocenters. The summed E-state index contributed by atoms with van der Waals surface area (Å²) in [4.78, 5) is 0. The number of hydrogen-bond acceptors (Lipinski definition) is 2. The molecular weight excluding hydrogens is 246 g/mol. The Bertz CT molecular complexity index is 504. The molecule has 2 unspecified atom stereocenters. The monoisotopic (exact) mass is 267 g/mol. The van der Waals surface area contributed by atoms with E-state index in [-0.39, 0.29) is 18.4 Å². The summed E-state index contributed by atoms with van der Waals surface area (Å²) in [7, 11) is 0. The predicted molar refractivity (Wildman–Crippen MR) is 79.5 cm³/mol. The van der Waals surface area contributed by atoms with E-state index in [9.17, 15) is 0 Å². The van der Waals surface area contributed by atoms with Crippen molar-refractivity contribution in [2.24, 2.45) is 5.73 Å². The Hall–Kier alpha value is -0.990. The standard InChI is InChI=1S/C15H21NO.ClH/c1-4-10(2)13-8-12-5-6-17-15(12)14(9-13)7-11(3)16;/h5-6,8-11H,4,7,16H2,1-3H3;1H. The van der Waals surface area contributed by atoms with Crippen LogP contribution in [0.4, 0.5) is 0 Å². The highest BCUT2D eigenvalue weighted by Crippen LogP contribution is 2.28. The van der Waals surface area contributed by atoms with Crippen molar-refractivity contribution in [1.82, 2.24) is 0 Å². The summed E-state index contributed by atoms with van der Waals surface area (Å²) in [5, 5.41) is 1.19. The molecule has 1 aromatic carbocycles. The van der Waals surface area contributed by atoms with Gasteiger partial charge in [-0.1, -0.05) is 19.9 Å². The van der Waals surface area contributed by atoms with Crippen molar-refractivity contribution < 1.29 is 4.42 Å². The molecule has 2 rings (SSSR count). The third kappa shape index (κ3) is 3.06. The molecule has 0 aliphatic heterocycles. The minimum Gasteiger partial charge on any atom is -0.464 e. The molecule has 0 saturated heterocycles.